The van der Waals surface area contributed by atoms with Crippen LogP contribution in [0.3, 0.4) is 0 Å². The number of ketones is 2. The highest BCUT2D eigenvalue weighted by molar-refractivity contribution is 6.42. The summed E-state index contributed by atoms with van der Waals surface area (Å²) in [6, 6.07) is 57.8. The Morgan fingerprint density at radius 2 is 0.982 bits per heavy atom. The van der Waals surface area contributed by atoms with Crippen LogP contribution in [0, 0.1) is 20.8 Å². The van der Waals surface area contributed by atoms with Gasteiger partial charge in [0.2, 0.25) is 0 Å². The maximum Gasteiger partial charge on any atom is 0.197 e. The lowest BCUT2D eigenvalue weighted by Crippen LogP contribution is -2.36. The normalized spacial score (nSPS) is 14.4. The Bertz CT molecular complexity index is 2970. The smallest absolute Gasteiger partial charge is 0.197 e. The predicted octanol–water partition coefficient (Wildman–Crippen LogP) is 13.0. The lowest BCUT2D eigenvalue weighted by atomic mass is 9.64. The number of allylic oxidation sites excluding steroid dienone is 1. The molecule has 1 spiro atoms. The van der Waals surface area contributed by atoms with E-state index in [4.69, 9.17) is 0 Å². The maximum atomic E-state index is 14.1. The van der Waals surface area contributed by atoms with Crippen LogP contribution in [0.15, 0.2) is 169 Å². The second kappa shape index (κ2) is 12.2. The van der Waals surface area contributed by atoms with Crippen molar-refractivity contribution >= 4 is 45.5 Å². The van der Waals surface area contributed by atoms with Crippen molar-refractivity contribution in [3.8, 4) is 22.3 Å². The van der Waals surface area contributed by atoms with Gasteiger partial charge >= 0.3 is 0 Å². The summed E-state index contributed by atoms with van der Waals surface area (Å²) in [5.41, 5.74) is 17.6. The Kier molecular flexibility index (Phi) is 7.12. The van der Waals surface area contributed by atoms with Crippen molar-refractivity contribution in [2.75, 3.05) is 4.90 Å². The molecule has 270 valence electrons. The first kappa shape index (κ1) is 33.3. The molecule has 0 amide bonds. The molecule has 0 aromatic heterocycles. The molecule has 2 aliphatic carbocycles. The summed E-state index contributed by atoms with van der Waals surface area (Å²) in [5.74, 6) is -0.453. The molecule has 8 aromatic rings. The standard InChI is InChI=1S/C54H37NO2/c1-32-25-33(2)51(34(3)26-32)55-49-23-21-35(27-44-52(56)42-29-37-15-7-8-16-38(37)30-43(42)53(44)57)28-47(49)54(45-19-11-9-17-40(45)41-18-10-12-20-46(41)54)48-31-39(22-24-50(48)55)36-13-5-4-6-14-36/h4-31H,1-3H3. The third-order valence-electron chi connectivity index (χ3n) is 12.4. The monoisotopic (exact) mass is 731 g/mol. The third-order valence-corrected chi connectivity index (χ3v) is 12.4. The van der Waals surface area contributed by atoms with Gasteiger partial charge in [-0.05, 0) is 135 Å². The molecule has 0 atom stereocenters. The van der Waals surface area contributed by atoms with Crippen molar-refractivity contribution in [2.45, 2.75) is 26.2 Å². The van der Waals surface area contributed by atoms with Crippen LogP contribution in [0.5, 0.6) is 0 Å². The summed E-state index contributed by atoms with van der Waals surface area (Å²) in [6.07, 6.45) is 1.82. The summed E-state index contributed by atoms with van der Waals surface area (Å²) >= 11 is 0. The van der Waals surface area contributed by atoms with Gasteiger partial charge in [-0.25, -0.2) is 0 Å². The fourth-order valence-corrected chi connectivity index (χ4v) is 10.1. The van der Waals surface area contributed by atoms with Crippen LogP contribution >= 0.6 is 0 Å². The fraction of sp³-hybridized carbons (Fsp3) is 0.0741. The van der Waals surface area contributed by atoms with Crippen molar-refractivity contribution in [1.29, 1.82) is 0 Å². The van der Waals surface area contributed by atoms with Crippen LogP contribution in [-0.4, -0.2) is 11.6 Å². The van der Waals surface area contributed by atoms with E-state index in [2.05, 4.69) is 153 Å². The van der Waals surface area contributed by atoms with E-state index in [9.17, 15) is 9.59 Å². The first-order chi connectivity index (χ1) is 27.8. The summed E-state index contributed by atoms with van der Waals surface area (Å²) in [7, 11) is 0. The molecule has 0 unspecified atom stereocenters. The number of fused-ring (bicyclic) bond motifs is 11. The van der Waals surface area contributed by atoms with Crippen LogP contribution in [0.2, 0.25) is 0 Å². The average Bonchev–Trinajstić information content (AvgIpc) is 3.65. The van der Waals surface area contributed by atoms with Crippen molar-refractivity contribution in [1.82, 2.24) is 0 Å². The number of carbonyl (C=O) groups is 2. The van der Waals surface area contributed by atoms with Gasteiger partial charge in [0.25, 0.3) is 0 Å². The van der Waals surface area contributed by atoms with Gasteiger partial charge in [-0.15, -0.1) is 0 Å². The van der Waals surface area contributed by atoms with Gasteiger partial charge < -0.3 is 4.90 Å². The van der Waals surface area contributed by atoms with Gasteiger partial charge in [0, 0.05) is 11.1 Å². The molecule has 3 nitrogen and oxygen atoms in total. The second-order valence-electron chi connectivity index (χ2n) is 15.8. The van der Waals surface area contributed by atoms with Crippen molar-refractivity contribution in [2.24, 2.45) is 0 Å². The number of hydrogen-bond donors (Lipinski definition) is 0. The number of nitrogens with zero attached hydrogens (tertiary/aromatic N) is 1. The number of rotatable bonds is 3. The van der Waals surface area contributed by atoms with E-state index >= 15 is 0 Å². The molecule has 0 saturated heterocycles. The zero-order chi connectivity index (χ0) is 38.6. The van der Waals surface area contributed by atoms with E-state index in [1.54, 1.807) is 0 Å². The number of carbonyl (C=O) groups excluding carboxylic acids is 2. The summed E-state index contributed by atoms with van der Waals surface area (Å²) in [5, 5.41) is 1.89. The van der Waals surface area contributed by atoms with Crippen molar-refractivity contribution in [3.63, 3.8) is 0 Å². The second-order valence-corrected chi connectivity index (χ2v) is 15.8. The van der Waals surface area contributed by atoms with Crippen LogP contribution in [0.1, 0.15) is 65.2 Å². The summed E-state index contributed by atoms with van der Waals surface area (Å²) in [6.45, 7) is 6.56. The van der Waals surface area contributed by atoms with E-state index in [-0.39, 0.29) is 17.1 Å². The Labute approximate surface area is 332 Å². The molecule has 3 heteroatoms. The molecule has 11 rings (SSSR count). The Hall–Kier alpha value is -7.10. The highest BCUT2D eigenvalue weighted by Gasteiger charge is 2.52. The quantitative estimate of drug-likeness (QED) is 0.134. The number of Topliss-reactive ketones (excluding diaryl/α,β-unsaturated/α-hetero) is 2. The van der Waals surface area contributed by atoms with Crippen LogP contribution in [-0.2, 0) is 5.41 Å². The average molecular weight is 732 g/mol. The third kappa shape index (κ3) is 4.66. The first-order valence-electron chi connectivity index (χ1n) is 19.6. The van der Waals surface area contributed by atoms with E-state index in [1.807, 2.05) is 42.5 Å². The van der Waals surface area contributed by atoms with Crippen LogP contribution in [0.4, 0.5) is 17.1 Å². The van der Waals surface area contributed by atoms with Gasteiger partial charge in [-0.2, -0.15) is 0 Å². The Balaban J connectivity index is 1.22. The molecule has 57 heavy (non-hydrogen) atoms. The SMILES string of the molecule is Cc1cc(C)c(N2c3ccc(C=C4C(=O)c5cc6ccccc6cc5C4=O)cc3C3(c4ccccc4-c4ccccc43)c3cc(-c4ccccc4)ccc32)c(C)c1. The fourth-order valence-electron chi connectivity index (χ4n) is 10.1. The topological polar surface area (TPSA) is 37.4 Å². The highest BCUT2D eigenvalue weighted by Crippen LogP contribution is 2.64. The Morgan fingerprint density at radius 1 is 0.456 bits per heavy atom. The largest absolute Gasteiger partial charge is 0.309 e. The van der Waals surface area contributed by atoms with Crippen molar-refractivity contribution < 1.29 is 9.59 Å². The molecular weight excluding hydrogens is 695 g/mol. The lowest BCUT2D eigenvalue weighted by Gasteiger charge is -2.46. The van der Waals surface area contributed by atoms with Gasteiger partial charge in [0.05, 0.1) is 28.1 Å². The van der Waals surface area contributed by atoms with E-state index in [0.29, 0.717) is 11.1 Å². The molecule has 1 heterocycles. The summed E-state index contributed by atoms with van der Waals surface area (Å²) < 4.78 is 0. The molecular formula is C54H37NO2. The van der Waals surface area contributed by atoms with Gasteiger partial charge in [0.15, 0.2) is 11.6 Å². The van der Waals surface area contributed by atoms with Gasteiger partial charge in [-0.1, -0.05) is 133 Å². The van der Waals surface area contributed by atoms with E-state index in [1.165, 1.54) is 44.5 Å². The molecule has 0 fully saturated rings. The maximum absolute atomic E-state index is 14.1. The zero-order valence-electron chi connectivity index (χ0n) is 31.9. The van der Waals surface area contributed by atoms with E-state index < -0.39 is 5.41 Å². The first-order valence-corrected chi connectivity index (χ1v) is 19.6. The van der Waals surface area contributed by atoms with Crippen LogP contribution < -0.4 is 4.90 Å². The summed E-state index contributed by atoms with van der Waals surface area (Å²) in [4.78, 5) is 30.6. The minimum atomic E-state index is -0.704. The van der Waals surface area contributed by atoms with Crippen LogP contribution in [0.25, 0.3) is 39.1 Å². The van der Waals surface area contributed by atoms with E-state index in [0.717, 1.165) is 50.1 Å². The number of aryl methyl sites for hydroxylation is 3. The molecule has 3 aliphatic rings. The zero-order valence-corrected chi connectivity index (χ0v) is 31.9. The molecule has 0 saturated carbocycles. The number of hydrogen-bond acceptors (Lipinski definition) is 3. The number of benzene rings is 8. The predicted molar refractivity (Wildman–Crippen MR) is 232 cm³/mol. The Morgan fingerprint density at radius 3 is 1.60 bits per heavy atom. The molecule has 0 bridgehead atoms. The molecule has 1 aliphatic heterocycles. The molecule has 0 radical (unpaired) electrons. The minimum absolute atomic E-state index is 0.200. The molecule has 0 N–H and O–H groups in total. The van der Waals surface area contributed by atoms with Gasteiger partial charge in [0.1, 0.15) is 0 Å². The molecule has 8 aromatic carbocycles. The van der Waals surface area contributed by atoms with Gasteiger partial charge in [-0.3, -0.25) is 9.59 Å². The van der Waals surface area contributed by atoms with Crippen molar-refractivity contribution in [3.05, 3.63) is 225 Å². The minimum Gasteiger partial charge on any atom is -0.309 e. The highest BCUT2D eigenvalue weighted by atomic mass is 16.2. The lowest BCUT2D eigenvalue weighted by molar-refractivity contribution is 0.0990. The number of anilines is 3.